The van der Waals surface area contributed by atoms with Gasteiger partial charge < -0.3 is 24.7 Å². The van der Waals surface area contributed by atoms with E-state index in [0.717, 1.165) is 38.8 Å². The van der Waals surface area contributed by atoms with Gasteiger partial charge in [0.25, 0.3) is 0 Å². The molecule has 0 bridgehead atoms. The van der Waals surface area contributed by atoms with E-state index in [2.05, 4.69) is 19.4 Å². The number of fused-ring (bicyclic) bond motifs is 1. The number of nitrogens with two attached hydrogens (primary N) is 1. The Labute approximate surface area is 215 Å². The molecular formula is C26H32FN5O4S. The summed E-state index contributed by atoms with van der Waals surface area (Å²) in [5, 5.41) is 0.641. The van der Waals surface area contributed by atoms with Gasteiger partial charge in [0, 0.05) is 49.6 Å². The fraction of sp³-hybridized carbons (Fsp3) is 0.538. The van der Waals surface area contributed by atoms with Crippen LogP contribution in [0.2, 0.25) is 0 Å². The van der Waals surface area contributed by atoms with Crippen molar-refractivity contribution in [2.45, 2.75) is 37.8 Å². The van der Waals surface area contributed by atoms with Gasteiger partial charge in [0.2, 0.25) is 0 Å². The molecule has 1 saturated carbocycles. The smallest absolute Gasteiger partial charge is 0.152 e. The second kappa shape index (κ2) is 9.85. The van der Waals surface area contributed by atoms with Crippen molar-refractivity contribution >= 4 is 26.7 Å². The van der Waals surface area contributed by atoms with Crippen LogP contribution in [0.25, 0.3) is 22.2 Å². The lowest BCUT2D eigenvalue weighted by Gasteiger charge is -2.40. The van der Waals surface area contributed by atoms with Crippen LogP contribution in [0.4, 0.5) is 10.2 Å². The summed E-state index contributed by atoms with van der Waals surface area (Å²) < 4.78 is 52.2. The van der Waals surface area contributed by atoms with Crippen LogP contribution in [-0.4, -0.2) is 78.3 Å². The lowest BCUT2D eigenvalue weighted by molar-refractivity contribution is 0.0679. The minimum atomic E-state index is -2.88. The predicted molar refractivity (Wildman–Crippen MR) is 139 cm³/mol. The SMILES string of the molecule is Nc1ncnc2c1c(-c1cc(OCC3CCCO3)ccc1F)cn2C1CC(CN2CCS(=O)(=O)CC2)C1. The number of hydrogen-bond donors (Lipinski definition) is 1. The number of sulfone groups is 1. The molecule has 1 unspecified atom stereocenters. The number of nitrogens with zero attached hydrogens (tertiary/aromatic N) is 4. The Balaban J connectivity index is 1.22. The van der Waals surface area contributed by atoms with Crippen molar-refractivity contribution in [3.05, 3.63) is 36.5 Å². The molecule has 1 aliphatic carbocycles. The largest absolute Gasteiger partial charge is 0.491 e. The van der Waals surface area contributed by atoms with Gasteiger partial charge in [-0.05, 0) is 49.8 Å². The monoisotopic (exact) mass is 529 g/mol. The Morgan fingerprint density at radius 3 is 2.73 bits per heavy atom. The van der Waals surface area contributed by atoms with Gasteiger partial charge in [0.1, 0.15) is 36.0 Å². The maximum absolute atomic E-state index is 15.1. The first-order chi connectivity index (χ1) is 17.9. The van der Waals surface area contributed by atoms with E-state index in [4.69, 9.17) is 15.2 Å². The first kappa shape index (κ1) is 24.6. The summed E-state index contributed by atoms with van der Waals surface area (Å²) in [6.07, 6.45) is 7.34. The number of halogens is 1. The Kier molecular flexibility index (Phi) is 6.54. The van der Waals surface area contributed by atoms with Gasteiger partial charge in [-0.25, -0.2) is 22.8 Å². The van der Waals surface area contributed by atoms with Gasteiger partial charge in [-0.3, -0.25) is 0 Å². The van der Waals surface area contributed by atoms with E-state index < -0.39 is 9.84 Å². The zero-order chi connectivity index (χ0) is 25.6. The summed E-state index contributed by atoms with van der Waals surface area (Å²) in [5.74, 6) is 1.50. The highest BCUT2D eigenvalue weighted by molar-refractivity contribution is 7.91. The predicted octanol–water partition coefficient (Wildman–Crippen LogP) is 3.06. The second-order valence-electron chi connectivity index (χ2n) is 10.4. The van der Waals surface area contributed by atoms with Crippen LogP contribution in [0.3, 0.4) is 0 Å². The summed E-state index contributed by atoms with van der Waals surface area (Å²) in [5.41, 5.74) is 8.03. The van der Waals surface area contributed by atoms with Crippen LogP contribution >= 0.6 is 0 Å². The van der Waals surface area contributed by atoms with Gasteiger partial charge >= 0.3 is 0 Å². The number of anilines is 1. The van der Waals surface area contributed by atoms with Crippen molar-refractivity contribution < 1.29 is 22.3 Å². The van der Waals surface area contributed by atoms with E-state index in [1.807, 2.05) is 6.20 Å². The molecule has 1 atom stereocenters. The molecule has 1 aromatic carbocycles. The fourth-order valence-electron chi connectivity index (χ4n) is 5.73. The second-order valence-corrected chi connectivity index (χ2v) is 12.7. The maximum Gasteiger partial charge on any atom is 0.152 e. The third-order valence-electron chi connectivity index (χ3n) is 7.88. The van der Waals surface area contributed by atoms with E-state index >= 15 is 4.39 Å². The quantitative estimate of drug-likeness (QED) is 0.497. The van der Waals surface area contributed by atoms with Crippen LogP contribution < -0.4 is 10.5 Å². The molecule has 11 heteroatoms. The van der Waals surface area contributed by atoms with E-state index in [1.165, 1.54) is 12.4 Å². The molecule has 2 aromatic heterocycles. The number of benzene rings is 1. The van der Waals surface area contributed by atoms with Crippen LogP contribution in [0, 0.1) is 11.7 Å². The number of rotatable bonds is 7. The average Bonchev–Trinajstić information content (AvgIpc) is 3.50. The third kappa shape index (κ3) is 5.04. The van der Waals surface area contributed by atoms with E-state index in [0.29, 0.717) is 59.3 Å². The van der Waals surface area contributed by atoms with Crippen LogP contribution in [0.15, 0.2) is 30.7 Å². The number of nitrogen functional groups attached to an aromatic ring is 1. The molecule has 198 valence electrons. The number of aromatic nitrogens is 3. The molecule has 0 radical (unpaired) electrons. The Hall–Kier alpha value is -2.76. The summed E-state index contributed by atoms with van der Waals surface area (Å²) >= 11 is 0. The minimum Gasteiger partial charge on any atom is -0.491 e. The Morgan fingerprint density at radius 1 is 1.16 bits per heavy atom. The summed E-state index contributed by atoms with van der Waals surface area (Å²) in [6.45, 7) is 3.30. The molecule has 2 N–H and O–H groups in total. The molecule has 0 amide bonds. The van der Waals surface area contributed by atoms with Gasteiger partial charge in [-0.2, -0.15) is 0 Å². The van der Waals surface area contributed by atoms with E-state index in [9.17, 15) is 8.42 Å². The minimum absolute atomic E-state index is 0.0698. The highest BCUT2D eigenvalue weighted by Crippen LogP contribution is 2.44. The lowest BCUT2D eigenvalue weighted by atomic mass is 9.79. The highest BCUT2D eigenvalue weighted by Gasteiger charge is 2.35. The van der Waals surface area contributed by atoms with Crippen LogP contribution in [0.5, 0.6) is 5.75 Å². The molecule has 3 fully saturated rings. The number of ether oxygens (including phenoxy) is 2. The topological polar surface area (TPSA) is 113 Å². The van der Waals surface area contributed by atoms with Crippen molar-refractivity contribution in [3.8, 4) is 16.9 Å². The molecule has 0 spiro atoms. The zero-order valence-corrected chi connectivity index (χ0v) is 21.5. The molecule has 37 heavy (non-hydrogen) atoms. The normalized spacial score (nSPS) is 25.8. The zero-order valence-electron chi connectivity index (χ0n) is 20.7. The first-order valence-corrected chi connectivity index (χ1v) is 14.8. The molecule has 3 aliphatic rings. The standard InChI is InChI=1S/C26H32FN5O4S/c27-23-4-3-19(36-15-20-2-1-7-35-20)12-21(23)22-14-32(26-24(22)25(28)29-16-30-26)18-10-17(11-18)13-31-5-8-37(33,34)9-6-31/h3-4,12,14,16-18,20H,1-2,5-11,13,15H2,(H2,28,29,30). The Bertz CT molecular complexity index is 1390. The molecule has 9 nitrogen and oxygen atoms in total. The molecule has 6 rings (SSSR count). The van der Waals surface area contributed by atoms with E-state index in [1.54, 1.807) is 12.1 Å². The van der Waals surface area contributed by atoms with E-state index in [-0.39, 0.29) is 29.5 Å². The Morgan fingerprint density at radius 2 is 1.97 bits per heavy atom. The van der Waals surface area contributed by atoms with Gasteiger partial charge in [-0.1, -0.05) is 0 Å². The molecule has 4 heterocycles. The average molecular weight is 530 g/mol. The van der Waals surface area contributed by atoms with Crippen molar-refractivity contribution in [2.75, 3.05) is 50.1 Å². The third-order valence-corrected chi connectivity index (χ3v) is 9.49. The van der Waals surface area contributed by atoms with Crippen molar-refractivity contribution in [2.24, 2.45) is 5.92 Å². The maximum atomic E-state index is 15.1. The summed E-state index contributed by atoms with van der Waals surface area (Å²) in [7, 11) is -2.88. The van der Waals surface area contributed by atoms with Crippen molar-refractivity contribution in [1.82, 2.24) is 19.4 Å². The lowest BCUT2D eigenvalue weighted by Crippen LogP contribution is -2.44. The van der Waals surface area contributed by atoms with Crippen molar-refractivity contribution in [3.63, 3.8) is 0 Å². The fourth-order valence-corrected chi connectivity index (χ4v) is 7.01. The van der Waals surface area contributed by atoms with Gasteiger partial charge in [0.05, 0.1) is 23.0 Å². The molecule has 3 aromatic rings. The molecular weight excluding hydrogens is 497 g/mol. The van der Waals surface area contributed by atoms with Gasteiger partial charge in [-0.15, -0.1) is 0 Å². The molecule has 2 saturated heterocycles. The van der Waals surface area contributed by atoms with Gasteiger partial charge in [0.15, 0.2) is 9.84 Å². The highest BCUT2D eigenvalue weighted by atomic mass is 32.2. The first-order valence-electron chi connectivity index (χ1n) is 12.9. The van der Waals surface area contributed by atoms with Crippen molar-refractivity contribution in [1.29, 1.82) is 0 Å². The summed E-state index contributed by atoms with van der Waals surface area (Å²) in [6, 6.07) is 4.98. The van der Waals surface area contributed by atoms with Crippen LogP contribution in [-0.2, 0) is 14.6 Å². The number of hydrogen-bond acceptors (Lipinski definition) is 8. The molecule has 2 aliphatic heterocycles. The summed E-state index contributed by atoms with van der Waals surface area (Å²) in [4.78, 5) is 10.9. The van der Waals surface area contributed by atoms with Crippen LogP contribution in [0.1, 0.15) is 31.7 Å².